The van der Waals surface area contributed by atoms with Gasteiger partial charge >= 0.3 is 24.1 Å². The third-order valence-corrected chi connectivity index (χ3v) is 7.85. The highest BCUT2D eigenvalue weighted by Crippen LogP contribution is 2.41. The number of benzene rings is 2. The molecule has 0 aromatic heterocycles. The molecular weight excluding hydrogens is 708 g/mol. The van der Waals surface area contributed by atoms with Crippen LogP contribution in [0.25, 0.3) is 0 Å². The Labute approximate surface area is 272 Å². The van der Waals surface area contributed by atoms with Crippen molar-refractivity contribution in [2.24, 2.45) is 0 Å². The molecule has 2 aromatic rings. The van der Waals surface area contributed by atoms with E-state index in [1.54, 1.807) is 65.8 Å². The van der Waals surface area contributed by atoms with E-state index in [0.29, 0.717) is 34.0 Å². The van der Waals surface area contributed by atoms with Crippen LogP contribution in [0.3, 0.4) is 0 Å². The number of fused-ring (bicyclic) bond motifs is 2. The molecule has 2 heterocycles. The highest BCUT2D eigenvalue weighted by Gasteiger charge is 2.39. The van der Waals surface area contributed by atoms with E-state index >= 15 is 0 Å². The number of rotatable bonds is 2. The lowest BCUT2D eigenvalue weighted by atomic mass is 10.1. The van der Waals surface area contributed by atoms with Crippen LogP contribution in [0.5, 0.6) is 11.5 Å². The fraction of sp³-hybridized carbons (Fsp3) is 0.400. The SMILES string of the molecule is COC(=O)c1ccc2c(c1)N(C(=O)OC(C)(C)C)C(Br)C(Br)O2.COC(=O)c1ccc2c(c1)N(C(=O)OC(C)(C)C)C=CO2. The third kappa shape index (κ3) is 8.65. The number of esters is 2. The Morgan fingerprint density at radius 3 is 1.77 bits per heavy atom. The highest BCUT2D eigenvalue weighted by molar-refractivity contribution is 9.12. The molecule has 0 bridgehead atoms. The van der Waals surface area contributed by atoms with Gasteiger partial charge in [-0.1, -0.05) is 15.9 Å². The summed E-state index contributed by atoms with van der Waals surface area (Å²) in [7, 11) is 2.59. The summed E-state index contributed by atoms with van der Waals surface area (Å²) in [6.45, 7) is 10.7. The van der Waals surface area contributed by atoms with E-state index in [4.69, 9.17) is 23.7 Å². The number of carbonyl (C=O) groups excluding carboxylic acids is 4. The highest BCUT2D eigenvalue weighted by atomic mass is 79.9. The number of hydrogen-bond donors (Lipinski definition) is 0. The average Bonchev–Trinajstić information content (AvgIpc) is 2.94. The van der Waals surface area contributed by atoms with Crippen molar-refractivity contribution in [3.05, 3.63) is 60.0 Å². The van der Waals surface area contributed by atoms with Crippen LogP contribution in [0, 0.1) is 0 Å². The normalized spacial score (nSPS) is 17.0. The van der Waals surface area contributed by atoms with Gasteiger partial charge in [-0.25, -0.2) is 24.1 Å². The number of amides is 2. The number of ether oxygens (including phenoxy) is 6. The van der Waals surface area contributed by atoms with Crippen LogP contribution in [-0.4, -0.2) is 59.5 Å². The molecule has 0 fully saturated rings. The predicted octanol–water partition coefficient (Wildman–Crippen LogP) is 7.13. The minimum Gasteiger partial charge on any atom is -0.474 e. The van der Waals surface area contributed by atoms with Gasteiger partial charge in [0, 0.05) is 0 Å². The number of nitrogens with zero attached hydrogens (tertiary/aromatic N) is 2. The smallest absolute Gasteiger partial charge is 0.419 e. The molecule has 238 valence electrons. The molecule has 2 aliphatic heterocycles. The first kappa shape index (κ1) is 34.7. The van der Waals surface area contributed by atoms with Gasteiger partial charge in [0.15, 0.2) is 10.8 Å². The van der Waals surface area contributed by atoms with Crippen molar-refractivity contribution in [1.82, 2.24) is 0 Å². The van der Waals surface area contributed by atoms with Gasteiger partial charge in [-0.3, -0.25) is 4.90 Å². The minimum absolute atomic E-state index is 0.316. The van der Waals surface area contributed by atoms with Gasteiger partial charge in [-0.05, 0) is 93.9 Å². The Hall–Kier alpha value is -3.78. The first-order chi connectivity index (χ1) is 20.5. The Kier molecular flexibility index (Phi) is 11.0. The second-order valence-corrected chi connectivity index (χ2v) is 13.1. The van der Waals surface area contributed by atoms with E-state index in [-0.39, 0.29) is 0 Å². The van der Waals surface area contributed by atoms with E-state index in [1.807, 2.05) is 0 Å². The maximum absolute atomic E-state index is 12.6. The van der Waals surface area contributed by atoms with Gasteiger partial charge in [0.1, 0.15) is 28.2 Å². The van der Waals surface area contributed by atoms with E-state index < -0.39 is 45.3 Å². The van der Waals surface area contributed by atoms with Crippen LogP contribution in [0.15, 0.2) is 48.9 Å². The molecule has 0 aliphatic carbocycles. The summed E-state index contributed by atoms with van der Waals surface area (Å²) in [6, 6.07) is 9.42. The first-order valence-electron chi connectivity index (χ1n) is 13.2. The van der Waals surface area contributed by atoms with Crippen molar-refractivity contribution in [2.75, 3.05) is 24.0 Å². The molecule has 12 nitrogen and oxygen atoms in total. The average molecular weight is 742 g/mol. The van der Waals surface area contributed by atoms with Gasteiger partial charge in [-0.2, -0.15) is 0 Å². The Balaban J connectivity index is 0.000000241. The molecular formula is C30H34Br2N2O10. The molecule has 0 saturated heterocycles. The molecule has 0 saturated carbocycles. The lowest BCUT2D eigenvalue weighted by Gasteiger charge is -2.37. The van der Waals surface area contributed by atoms with Crippen LogP contribution in [-0.2, 0) is 18.9 Å². The molecule has 14 heteroatoms. The summed E-state index contributed by atoms with van der Waals surface area (Å²) >= 11 is 6.78. The zero-order chi connectivity index (χ0) is 33.0. The molecule has 0 spiro atoms. The zero-order valence-corrected chi connectivity index (χ0v) is 28.7. The Morgan fingerprint density at radius 1 is 0.750 bits per heavy atom. The maximum atomic E-state index is 12.6. The number of methoxy groups -OCH3 is 2. The van der Waals surface area contributed by atoms with Crippen LogP contribution in [0.4, 0.5) is 21.0 Å². The van der Waals surface area contributed by atoms with Gasteiger partial charge in [-0.15, -0.1) is 0 Å². The Bertz CT molecular complexity index is 1450. The first-order valence-corrected chi connectivity index (χ1v) is 15.1. The van der Waals surface area contributed by atoms with Crippen LogP contribution in [0.1, 0.15) is 62.3 Å². The molecule has 44 heavy (non-hydrogen) atoms. The van der Waals surface area contributed by atoms with Crippen LogP contribution in [0.2, 0.25) is 0 Å². The van der Waals surface area contributed by atoms with Crippen molar-refractivity contribution in [2.45, 2.75) is 62.7 Å². The summed E-state index contributed by atoms with van der Waals surface area (Å²) < 4.78 is 31.2. The Morgan fingerprint density at radius 2 is 1.25 bits per heavy atom. The van der Waals surface area contributed by atoms with E-state index in [0.717, 1.165) is 0 Å². The van der Waals surface area contributed by atoms with Crippen molar-refractivity contribution in [1.29, 1.82) is 0 Å². The monoisotopic (exact) mass is 740 g/mol. The quantitative estimate of drug-likeness (QED) is 0.136. The molecule has 2 amide bonds. The molecule has 2 atom stereocenters. The summed E-state index contributed by atoms with van der Waals surface area (Å²) in [5, 5.41) is -0.466. The van der Waals surface area contributed by atoms with Gasteiger partial charge < -0.3 is 28.4 Å². The second kappa shape index (κ2) is 13.9. The molecule has 4 rings (SSSR count). The molecule has 2 unspecified atom stereocenters. The fourth-order valence-electron chi connectivity index (χ4n) is 3.75. The van der Waals surface area contributed by atoms with Crippen molar-refractivity contribution >= 4 is 67.4 Å². The summed E-state index contributed by atoms with van der Waals surface area (Å²) in [5.74, 6) is -0.0716. The van der Waals surface area contributed by atoms with Crippen molar-refractivity contribution < 1.29 is 47.6 Å². The zero-order valence-electron chi connectivity index (χ0n) is 25.5. The standard InChI is InChI=1S/C15H17Br2NO5.C15H17NO5/c1-15(2,3)23-14(20)18-9-7-8(13(19)21-4)5-6-10(9)22-12(17)11(18)16;1-15(2,3)21-14(18)16-7-8-20-12-6-5-10(9-11(12)16)13(17)19-4/h5-7,11-12H,1-4H3;5-9H,1-4H3. The van der Waals surface area contributed by atoms with E-state index in [9.17, 15) is 19.2 Å². The predicted molar refractivity (Wildman–Crippen MR) is 169 cm³/mol. The minimum atomic E-state index is -0.649. The van der Waals surface area contributed by atoms with Gasteiger partial charge in [0.25, 0.3) is 0 Å². The van der Waals surface area contributed by atoms with Gasteiger partial charge in [0.05, 0.1) is 42.9 Å². The van der Waals surface area contributed by atoms with Crippen molar-refractivity contribution in [3.8, 4) is 11.5 Å². The third-order valence-electron chi connectivity index (χ3n) is 5.57. The lowest BCUT2D eigenvalue weighted by molar-refractivity contribution is 0.0552. The molecule has 0 radical (unpaired) electrons. The number of halogens is 2. The van der Waals surface area contributed by atoms with Crippen LogP contribution < -0.4 is 19.3 Å². The second-order valence-electron chi connectivity index (χ2n) is 11.3. The molecule has 2 aliphatic rings. The molecule has 0 N–H and O–H groups in total. The summed E-state index contributed by atoms with van der Waals surface area (Å²) in [6.07, 6.45) is 1.72. The number of hydrogen-bond acceptors (Lipinski definition) is 10. The van der Waals surface area contributed by atoms with Crippen LogP contribution >= 0.6 is 31.9 Å². The topological polar surface area (TPSA) is 130 Å². The fourth-order valence-corrected chi connectivity index (χ4v) is 4.69. The van der Waals surface area contributed by atoms with Crippen molar-refractivity contribution in [3.63, 3.8) is 0 Å². The largest absolute Gasteiger partial charge is 0.474 e. The number of anilines is 2. The van der Waals surface area contributed by atoms with Gasteiger partial charge in [0.2, 0.25) is 0 Å². The van der Waals surface area contributed by atoms with E-state index in [2.05, 4.69) is 36.6 Å². The number of alkyl halides is 2. The summed E-state index contributed by atoms with van der Waals surface area (Å²) in [5.41, 5.74) is 0.224. The lowest BCUT2D eigenvalue weighted by Crippen LogP contribution is -2.48. The summed E-state index contributed by atoms with van der Waals surface area (Å²) in [4.78, 5) is 50.3. The molecule has 2 aromatic carbocycles. The maximum Gasteiger partial charge on any atom is 0.419 e. The number of carbonyl (C=O) groups is 4. The van der Waals surface area contributed by atoms with E-state index in [1.165, 1.54) is 48.6 Å².